The first kappa shape index (κ1) is 13.7. The fraction of sp³-hybridized carbons (Fsp3) is 0.333. The predicted octanol–water partition coefficient (Wildman–Crippen LogP) is 2.87. The lowest BCUT2D eigenvalue weighted by Gasteiger charge is -2.25. The van der Waals surface area contributed by atoms with E-state index in [1.54, 1.807) is 17.9 Å². The molecule has 1 saturated heterocycles. The number of carboxylic acid groups (broad SMARTS) is 1. The first-order valence-corrected chi connectivity index (χ1v) is 6.74. The maximum absolute atomic E-state index is 13.9. The minimum absolute atomic E-state index is 0.0546. The van der Waals surface area contributed by atoms with Crippen molar-refractivity contribution in [3.63, 3.8) is 0 Å². The molecule has 0 aliphatic carbocycles. The first-order chi connectivity index (χ1) is 9.99. The molecule has 1 fully saturated rings. The van der Waals surface area contributed by atoms with Crippen LogP contribution in [0.3, 0.4) is 0 Å². The second kappa shape index (κ2) is 4.95. The second-order valence-corrected chi connectivity index (χ2v) is 5.23. The molecule has 0 spiro atoms. The number of halogens is 2. The van der Waals surface area contributed by atoms with Crippen LogP contribution in [0.1, 0.15) is 18.5 Å². The summed E-state index contributed by atoms with van der Waals surface area (Å²) in [6.07, 6.45) is 1.30. The molecular formula is C15H14F2N2O2. The Kier molecular flexibility index (Phi) is 3.23. The first-order valence-electron chi connectivity index (χ1n) is 6.74. The lowest BCUT2D eigenvalue weighted by Crippen LogP contribution is -2.36. The molecule has 3 rings (SSSR count). The van der Waals surface area contributed by atoms with Crippen LogP contribution in [0, 0.1) is 18.6 Å². The van der Waals surface area contributed by atoms with Crippen molar-refractivity contribution >= 4 is 22.6 Å². The van der Waals surface area contributed by atoms with E-state index < -0.39 is 23.6 Å². The molecule has 1 aromatic heterocycles. The summed E-state index contributed by atoms with van der Waals surface area (Å²) < 4.78 is 27.3. The molecule has 6 heteroatoms. The third-order valence-electron chi connectivity index (χ3n) is 3.83. The zero-order valence-electron chi connectivity index (χ0n) is 11.4. The van der Waals surface area contributed by atoms with E-state index in [0.29, 0.717) is 29.7 Å². The number of fused-ring (bicyclic) bond motifs is 1. The molecule has 1 aromatic carbocycles. The van der Waals surface area contributed by atoms with Crippen LogP contribution in [0.2, 0.25) is 0 Å². The number of rotatable bonds is 2. The van der Waals surface area contributed by atoms with Gasteiger partial charge in [0.15, 0.2) is 11.6 Å². The number of aromatic nitrogens is 1. The largest absolute Gasteiger partial charge is 0.480 e. The normalized spacial score (nSPS) is 18.4. The Balaban J connectivity index is 2.23. The summed E-state index contributed by atoms with van der Waals surface area (Å²) in [6.45, 7) is 2.26. The van der Waals surface area contributed by atoms with Gasteiger partial charge >= 0.3 is 5.97 Å². The third-order valence-corrected chi connectivity index (χ3v) is 3.83. The Morgan fingerprint density at radius 1 is 1.43 bits per heavy atom. The van der Waals surface area contributed by atoms with Crippen molar-refractivity contribution < 1.29 is 18.7 Å². The minimum Gasteiger partial charge on any atom is -0.480 e. The molecule has 1 N–H and O–H groups in total. The standard InChI is InChI=1S/C15H14F2N2O2/c1-8-7-12(19-6-2-3-11(19)15(20)21)9-4-5-10(16)13(17)14(9)18-8/h4-5,7,11H,2-3,6H2,1H3,(H,20,21)/t11-/m1/s1. The summed E-state index contributed by atoms with van der Waals surface area (Å²) in [4.78, 5) is 17.1. The number of anilines is 1. The fourth-order valence-corrected chi connectivity index (χ4v) is 2.89. The molecule has 2 aromatic rings. The highest BCUT2D eigenvalue weighted by Crippen LogP contribution is 2.33. The Morgan fingerprint density at radius 2 is 2.19 bits per heavy atom. The van der Waals surface area contributed by atoms with Crippen molar-refractivity contribution in [3.05, 3.63) is 35.5 Å². The number of pyridine rings is 1. The molecule has 1 aliphatic heterocycles. The fourth-order valence-electron chi connectivity index (χ4n) is 2.89. The average molecular weight is 292 g/mol. The van der Waals surface area contributed by atoms with Crippen molar-refractivity contribution in [1.29, 1.82) is 0 Å². The number of hydrogen-bond donors (Lipinski definition) is 1. The van der Waals surface area contributed by atoms with Crippen LogP contribution in [0.15, 0.2) is 18.2 Å². The van der Waals surface area contributed by atoms with Crippen LogP contribution in [0.25, 0.3) is 10.9 Å². The number of carbonyl (C=O) groups is 1. The van der Waals surface area contributed by atoms with E-state index in [1.165, 1.54) is 6.07 Å². The van der Waals surface area contributed by atoms with E-state index in [9.17, 15) is 18.7 Å². The molecule has 21 heavy (non-hydrogen) atoms. The summed E-state index contributed by atoms with van der Waals surface area (Å²) in [5.41, 5.74) is 1.07. The van der Waals surface area contributed by atoms with Gasteiger partial charge in [0.2, 0.25) is 0 Å². The van der Waals surface area contributed by atoms with Crippen molar-refractivity contribution in [2.24, 2.45) is 0 Å². The monoisotopic (exact) mass is 292 g/mol. The van der Waals surface area contributed by atoms with Gasteiger partial charge in [-0.3, -0.25) is 0 Å². The number of aliphatic carboxylic acids is 1. The summed E-state index contributed by atoms with van der Waals surface area (Å²) in [5, 5.41) is 9.73. The molecule has 1 atom stereocenters. The van der Waals surface area contributed by atoms with E-state index in [2.05, 4.69) is 4.98 Å². The van der Waals surface area contributed by atoms with Gasteiger partial charge < -0.3 is 10.0 Å². The highest BCUT2D eigenvalue weighted by molar-refractivity contribution is 5.94. The van der Waals surface area contributed by atoms with Crippen LogP contribution in [-0.4, -0.2) is 28.6 Å². The quantitative estimate of drug-likeness (QED) is 0.924. The summed E-state index contributed by atoms with van der Waals surface area (Å²) >= 11 is 0. The topological polar surface area (TPSA) is 53.4 Å². The number of aryl methyl sites for hydroxylation is 1. The third kappa shape index (κ3) is 2.20. The maximum Gasteiger partial charge on any atom is 0.326 e. The highest BCUT2D eigenvalue weighted by atomic mass is 19.2. The van der Waals surface area contributed by atoms with Crippen LogP contribution >= 0.6 is 0 Å². The predicted molar refractivity (Wildman–Crippen MR) is 74.4 cm³/mol. The number of nitrogens with zero attached hydrogens (tertiary/aromatic N) is 2. The molecule has 110 valence electrons. The zero-order chi connectivity index (χ0) is 15.1. The van der Waals surface area contributed by atoms with Crippen molar-refractivity contribution in [3.8, 4) is 0 Å². The van der Waals surface area contributed by atoms with Gasteiger partial charge in [-0.05, 0) is 38.0 Å². The molecule has 0 bridgehead atoms. The number of hydrogen-bond acceptors (Lipinski definition) is 3. The van der Waals surface area contributed by atoms with E-state index in [-0.39, 0.29) is 5.52 Å². The van der Waals surface area contributed by atoms with Crippen LogP contribution in [0.4, 0.5) is 14.5 Å². The Bertz CT molecular complexity index is 733. The Hall–Kier alpha value is -2.24. The van der Waals surface area contributed by atoms with Gasteiger partial charge in [-0.2, -0.15) is 0 Å². The van der Waals surface area contributed by atoms with Gasteiger partial charge in [0, 0.05) is 23.3 Å². The van der Waals surface area contributed by atoms with Crippen molar-refractivity contribution in [2.45, 2.75) is 25.8 Å². The molecule has 0 saturated carbocycles. The van der Waals surface area contributed by atoms with E-state index >= 15 is 0 Å². The van der Waals surface area contributed by atoms with Gasteiger partial charge in [-0.25, -0.2) is 18.6 Å². The maximum atomic E-state index is 13.9. The average Bonchev–Trinajstić information content (AvgIpc) is 2.92. The smallest absolute Gasteiger partial charge is 0.326 e. The zero-order valence-corrected chi connectivity index (χ0v) is 11.4. The van der Waals surface area contributed by atoms with E-state index in [1.807, 2.05) is 0 Å². The number of benzene rings is 1. The minimum atomic E-state index is -0.997. The SMILES string of the molecule is Cc1cc(N2CCC[C@@H]2C(=O)O)c2ccc(F)c(F)c2n1. The van der Waals surface area contributed by atoms with Crippen molar-refractivity contribution in [2.75, 3.05) is 11.4 Å². The molecule has 4 nitrogen and oxygen atoms in total. The highest BCUT2D eigenvalue weighted by Gasteiger charge is 2.32. The summed E-state index contributed by atoms with van der Waals surface area (Å²) in [6, 6.07) is 3.58. The van der Waals surface area contributed by atoms with Crippen LogP contribution in [-0.2, 0) is 4.79 Å². The number of carboxylic acids is 1. The van der Waals surface area contributed by atoms with Crippen molar-refractivity contribution in [1.82, 2.24) is 4.98 Å². The van der Waals surface area contributed by atoms with Crippen LogP contribution in [0.5, 0.6) is 0 Å². The van der Waals surface area contributed by atoms with Gasteiger partial charge in [-0.1, -0.05) is 0 Å². The van der Waals surface area contributed by atoms with Gasteiger partial charge in [0.25, 0.3) is 0 Å². The molecule has 0 unspecified atom stereocenters. The van der Waals surface area contributed by atoms with Gasteiger partial charge in [0.1, 0.15) is 11.6 Å². The van der Waals surface area contributed by atoms with Crippen LogP contribution < -0.4 is 4.90 Å². The molecule has 1 aliphatic rings. The summed E-state index contributed by atoms with van der Waals surface area (Å²) in [7, 11) is 0. The van der Waals surface area contributed by atoms with E-state index in [4.69, 9.17) is 0 Å². The van der Waals surface area contributed by atoms with Gasteiger partial charge in [-0.15, -0.1) is 0 Å². The lowest BCUT2D eigenvalue weighted by atomic mass is 10.1. The second-order valence-electron chi connectivity index (χ2n) is 5.23. The molecular weight excluding hydrogens is 278 g/mol. The molecule has 0 radical (unpaired) electrons. The lowest BCUT2D eigenvalue weighted by molar-refractivity contribution is -0.138. The molecule has 2 heterocycles. The Morgan fingerprint density at radius 3 is 2.90 bits per heavy atom. The molecule has 0 amide bonds. The Labute approximate surface area is 120 Å². The van der Waals surface area contributed by atoms with Gasteiger partial charge in [0.05, 0.1) is 0 Å². The summed E-state index contributed by atoms with van der Waals surface area (Å²) in [5.74, 6) is -2.86. The van der Waals surface area contributed by atoms with E-state index in [0.717, 1.165) is 12.5 Å².